The van der Waals surface area contributed by atoms with Crippen LogP contribution in [-0.4, -0.2) is 67.9 Å². The fraction of sp³-hybridized carbons (Fsp3) is 0.310. The Bertz CT molecular complexity index is 2190. The lowest BCUT2D eigenvalue weighted by atomic mass is 9.95. The minimum Gasteiger partial charge on any atom is -0.465 e. The Kier molecular flexibility index (Phi) is 13.8. The van der Waals surface area contributed by atoms with E-state index in [0.717, 1.165) is 0 Å². The Morgan fingerprint density at radius 3 is 2.16 bits per heavy atom. The van der Waals surface area contributed by atoms with E-state index in [1.165, 1.54) is 74.6 Å². The largest absolute Gasteiger partial charge is 0.465 e. The molecule has 292 valence electrons. The number of hydrogen-bond acceptors (Lipinski definition) is 10. The van der Waals surface area contributed by atoms with Crippen LogP contribution in [0, 0.1) is 11.3 Å². The zero-order valence-corrected chi connectivity index (χ0v) is 32.1. The van der Waals surface area contributed by atoms with Gasteiger partial charge in [0, 0.05) is 38.1 Å². The predicted octanol–water partition coefficient (Wildman–Crippen LogP) is 7.70. The number of benzene rings is 3. The number of methoxy groups -OCH3 is 2. The van der Waals surface area contributed by atoms with E-state index in [-0.39, 0.29) is 69.4 Å². The number of aromatic nitrogens is 1. The van der Waals surface area contributed by atoms with Crippen LogP contribution in [0.5, 0.6) is 5.75 Å². The van der Waals surface area contributed by atoms with E-state index in [1.54, 1.807) is 32.3 Å². The maximum absolute atomic E-state index is 14.3. The Hall–Kier alpha value is -6.49. The summed E-state index contributed by atoms with van der Waals surface area (Å²) in [5.74, 6) is -6.49. The van der Waals surface area contributed by atoms with Gasteiger partial charge < -0.3 is 24.4 Å². The van der Waals surface area contributed by atoms with Gasteiger partial charge in [-0.3, -0.25) is 14.4 Å². The number of nitrogens with zero attached hydrogens (tertiary/aromatic N) is 3. The number of nitriles is 1. The average Bonchev–Trinajstić information content (AvgIpc) is 3.19. The monoisotopic (exact) mass is 768 g/mol. The van der Waals surface area contributed by atoms with E-state index in [1.807, 2.05) is 19.9 Å². The molecule has 0 spiro atoms. The first kappa shape index (κ1) is 42.3. The third-order valence-corrected chi connectivity index (χ3v) is 8.88. The van der Waals surface area contributed by atoms with Crippen molar-refractivity contribution in [1.82, 2.24) is 9.88 Å². The van der Waals surface area contributed by atoms with Crippen LogP contribution in [0.15, 0.2) is 66.7 Å². The van der Waals surface area contributed by atoms with Gasteiger partial charge in [0.15, 0.2) is 0 Å². The first-order chi connectivity index (χ1) is 26.5. The molecule has 0 bridgehead atoms. The number of ether oxygens (including phenoxy) is 3. The van der Waals surface area contributed by atoms with Crippen LogP contribution in [0.4, 0.5) is 14.5 Å². The van der Waals surface area contributed by atoms with Gasteiger partial charge in [0.1, 0.15) is 23.1 Å². The molecule has 0 aliphatic carbocycles. The highest BCUT2D eigenvalue weighted by atomic mass is 19.3. The third kappa shape index (κ3) is 9.78. The molecule has 0 fully saturated rings. The van der Waals surface area contributed by atoms with Crippen LogP contribution in [0.25, 0.3) is 11.3 Å². The minimum atomic E-state index is -3.04. The number of pyridine rings is 1. The number of nitrogens with one attached hydrogen (secondary N) is 1. The number of esters is 3. The molecular formula is C42H42F2N4O8. The molecule has 0 unspecified atom stereocenters. The van der Waals surface area contributed by atoms with E-state index in [0.29, 0.717) is 23.1 Å². The van der Waals surface area contributed by atoms with Crippen molar-refractivity contribution in [3.63, 3.8) is 0 Å². The molecule has 0 aliphatic rings. The normalized spacial score (nSPS) is 11.0. The van der Waals surface area contributed by atoms with E-state index in [9.17, 15) is 38.0 Å². The summed E-state index contributed by atoms with van der Waals surface area (Å²) in [7, 11) is 5.48. The average molecular weight is 769 g/mol. The fourth-order valence-electron chi connectivity index (χ4n) is 5.76. The number of halogens is 2. The van der Waals surface area contributed by atoms with Gasteiger partial charge in [0.25, 0.3) is 17.7 Å². The summed E-state index contributed by atoms with van der Waals surface area (Å²) in [4.78, 5) is 70.8. The molecule has 1 heterocycles. The van der Waals surface area contributed by atoms with Gasteiger partial charge in [-0.05, 0) is 66.3 Å². The molecule has 0 aliphatic heterocycles. The van der Waals surface area contributed by atoms with Crippen molar-refractivity contribution in [2.45, 2.75) is 58.3 Å². The molecule has 0 saturated heterocycles. The molecule has 56 heavy (non-hydrogen) atoms. The summed E-state index contributed by atoms with van der Waals surface area (Å²) in [6.07, 6.45) is 0.151. The quantitative estimate of drug-likeness (QED) is 0.0993. The summed E-state index contributed by atoms with van der Waals surface area (Å²) in [5, 5.41) is 12.2. The van der Waals surface area contributed by atoms with Crippen molar-refractivity contribution < 1.29 is 47.0 Å². The fourth-order valence-corrected chi connectivity index (χ4v) is 5.76. The Morgan fingerprint density at radius 1 is 0.893 bits per heavy atom. The molecule has 0 atom stereocenters. The second-order valence-corrected chi connectivity index (χ2v) is 13.3. The highest BCUT2D eigenvalue weighted by molar-refractivity contribution is 6.11. The van der Waals surface area contributed by atoms with Crippen LogP contribution in [0.1, 0.15) is 110 Å². The van der Waals surface area contributed by atoms with Crippen LogP contribution in [0.2, 0.25) is 0 Å². The standard InChI is InChI=1S/C42H42F2N4O8/c1-8-42(43,44)28-15-13-26(14-16-28)36-30(18-17-29(23-45)46-36)38(50)47-34-19-12-25(20-32(34)39(51)48(4)5)10-9-11-35(49)56-37-31(24(2)3)21-27(40(52)54-6)22-33(37)41(53)55-7/h12-22,24H,8-11H2,1-7H3,(H,47,50). The van der Waals surface area contributed by atoms with Crippen molar-refractivity contribution in [3.8, 4) is 23.1 Å². The smallest absolute Gasteiger partial charge is 0.341 e. The molecule has 4 rings (SSSR count). The van der Waals surface area contributed by atoms with Gasteiger partial charge in [-0.2, -0.15) is 5.26 Å². The van der Waals surface area contributed by atoms with Crippen molar-refractivity contribution in [1.29, 1.82) is 5.26 Å². The predicted molar refractivity (Wildman–Crippen MR) is 203 cm³/mol. The Morgan fingerprint density at radius 2 is 1.57 bits per heavy atom. The lowest BCUT2D eigenvalue weighted by Crippen LogP contribution is -2.24. The highest BCUT2D eigenvalue weighted by Crippen LogP contribution is 2.35. The van der Waals surface area contributed by atoms with Crippen LogP contribution in [-0.2, 0) is 26.6 Å². The van der Waals surface area contributed by atoms with Gasteiger partial charge in [-0.15, -0.1) is 0 Å². The van der Waals surface area contributed by atoms with Crippen molar-refractivity contribution >= 4 is 35.4 Å². The van der Waals surface area contributed by atoms with Crippen LogP contribution in [0.3, 0.4) is 0 Å². The van der Waals surface area contributed by atoms with Crippen LogP contribution >= 0.6 is 0 Å². The molecule has 3 aromatic carbocycles. The molecular weight excluding hydrogens is 726 g/mol. The van der Waals surface area contributed by atoms with Gasteiger partial charge in [0.2, 0.25) is 0 Å². The number of aryl methyl sites for hydroxylation is 1. The summed E-state index contributed by atoms with van der Waals surface area (Å²) < 4.78 is 44.0. The van der Waals surface area contributed by atoms with Gasteiger partial charge in [-0.25, -0.2) is 23.4 Å². The molecule has 12 nitrogen and oxygen atoms in total. The minimum absolute atomic E-state index is 0.0111. The maximum atomic E-state index is 14.3. The number of rotatable bonds is 14. The van der Waals surface area contributed by atoms with Crippen molar-refractivity contribution in [2.75, 3.05) is 33.6 Å². The summed E-state index contributed by atoms with van der Waals surface area (Å²) in [6.45, 7) is 4.99. The molecule has 2 amide bonds. The SMILES string of the molecule is CCC(F)(F)c1ccc(-c2nc(C#N)ccc2C(=O)Nc2ccc(CCCC(=O)Oc3c(C(=O)OC)cc(C(=O)OC)cc3C(C)C)cc2C(=O)N(C)C)cc1. The molecule has 1 aromatic heterocycles. The van der Waals surface area contributed by atoms with Crippen molar-refractivity contribution in [2.24, 2.45) is 0 Å². The lowest BCUT2D eigenvalue weighted by molar-refractivity contribution is -0.134. The number of hydrogen-bond donors (Lipinski definition) is 1. The van der Waals surface area contributed by atoms with E-state index >= 15 is 0 Å². The molecule has 0 radical (unpaired) electrons. The molecule has 14 heteroatoms. The number of amides is 2. The lowest BCUT2D eigenvalue weighted by Gasteiger charge is -2.18. The van der Waals surface area contributed by atoms with Gasteiger partial charge in [0.05, 0.1) is 42.3 Å². The Balaban J connectivity index is 1.56. The number of carbonyl (C=O) groups excluding carboxylic acids is 5. The van der Waals surface area contributed by atoms with E-state index < -0.39 is 42.1 Å². The van der Waals surface area contributed by atoms with E-state index in [2.05, 4.69) is 10.3 Å². The topological polar surface area (TPSA) is 165 Å². The molecule has 0 saturated carbocycles. The maximum Gasteiger partial charge on any atom is 0.341 e. The summed E-state index contributed by atoms with van der Waals surface area (Å²) in [6, 6.07) is 17.6. The molecule has 1 N–H and O–H groups in total. The summed E-state index contributed by atoms with van der Waals surface area (Å²) in [5.41, 5.74) is 1.72. The summed E-state index contributed by atoms with van der Waals surface area (Å²) >= 11 is 0. The number of alkyl halides is 2. The number of carbonyl (C=O) groups is 5. The third-order valence-electron chi connectivity index (χ3n) is 8.88. The first-order valence-corrected chi connectivity index (χ1v) is 17.7. The molecule has 4 aromatic rings. The van der Waals surface area contributed by atoms with Crippen molar-refractivity contribution in [3.05, 3.63) is 111 Å². The zero-order chi connectivity index (χ0) is 41.3. The second kappa shape index (κ2) is 18.2. The van der Waals surface area contributed by atoms with Gasteiger partial charge >= 0.3 is 17.9 Å². The second-order valence-electron chi connectivity index (χ2n) is 13.3. The van der Waals surface area contributed by atoms with E-state index in [4.69, 9.17) is 14.2 Å². The highest BCUT2D eigenvalue weighted by Gasteiger charge is 2.29. The number of anilines is 1. The zero-order valence-electron chi connectivity index (χ0n) is 32.1. The Labute approximate surface area is 323 Å². The van der Waals surface area contributed by atoms with Crippen LogP contribution < -0.4 is 10.1 Å². The van der Waals surface area contributed by atoms with Gasteiger partial charge in [-0.1, -0.05) is 51.1 Å². The first-order valence-electron chi connectivity index (χ1n) is 17.7.